The molecular formula is C35H48F2O. The molecule has 0 spiro atoms. The van der Waals surface area contributed by atoms with Crippen molar-refractivity contribution in [3.63, 3.8) is 0 Å². The molecule has 0 saturated heterocycles. The third-order valence-corrected chi connectivity index (χ3v) is 9.29. The number of hydrogen-bond acceptors (Lipinski definition) is 1. The zero-order valence-electron chi connectivity index (χ0n) is 23.8. The molecule has 2 aliphatic rings. The molecule has 0 heterocycles. The van der Waals surface area contributed by atoms with E-state index in [-0.39, 0.29) is 5.56 Å². The molecule has 0 amide bonds. The Hall–Kier alpha value is -2.00. The van der Waals surface area contributed by atoms with Gasteiger partial charge in [-0.1, -0.05) is 80.4 Å². The summed E-state index contributed by atoms with van der Waals surface area (Å²) in [5, 5.41) is 0. The average Bonchev–Trinajstić information content (AvgIpc) is 2.94. The Balaban J connectivity index is 1.29. The molecule has 0 bridgehead atoms. The van der Waals surface area contributed by atoms with Crippen LogP contribution >= 0.6 is 0 Å². The van der Waals surface area contributed by atoms with Gasteiger partial charge in [0.15, 0.2) is 0 Å². The van der Waals surface area contributed by atoms with Crippen LogP contribution in [0.15, 0.2) is 60.7 Å². The second kappa shape index (κ2) is 13.9. The minimum Gasteiger partial charge on any atom is -0.309 e. The van der Waals surface area contributed by atoms with Gasteiger partial charge in [-0.15, -0.1) is 0 Å². The maximum absolute atomic E-state index is 15.1. The Morgan fingerprint density at radius 3 is 1.79 bits per heavy atom. The molecule has 0 radical (unpaired) electrons. The summed E-state index contributed by atoms with van der Waals surface area (Å²) in [4.78, 5) is 0. The summed E-state index contributed by atoms with van der Waals surface area (Å²) in [5.41, 5.74) is 3.26. The Morgan fingerprint density at radius 1 is 0.789 bits per heavy atom. The number of benzene rings is 2. The molecule has 1 nitrogen and oxygen atoms in total. The number of halogens is 2. The summed E-state index contributed by atoms with van der Waals surface area (Å²) in [6, 6.07) is 15.1. The van der Waals surface area contributed by atoms with Gasteiger partial charge in [0.05, 0.1) is 11.7 Å². The molecule has 2 saturated carbocycles. The molecule has 1 unspecified atom stereocenters. The summed E-state index contributed by atoms with van der Waals surface area (Å²) < 4.78 is 35.6. The van der Waals surface area contributed by atoms with Crippen LogP contribution in [0.4, 0.5) is 8.78 Å². The summed E-state index contributed by atoms with van der Waals surface area (Å²) in [5.74, 6) is 2.77. The molecule has 1 atom stereocenters. The first kappa shape index (κ1) is 29.0. The van der Waals surface area contributed by atoms with Gasteiger partial charge in [0, 0.05) is 0 Å². The van der Waals surface area contributed by atoms with Crippen LogP contribution in [0.1, 0.15) is 138 Å². The van der Waals surface area contributed by atoms with Gasteiger partial charge in [-0.3, -0.25) is 0 Å². The molecule has 2 aliphatic carbocycles. The third kappa shape index (κ3) is 7.78. The molecule has 2 aromatic carbocycles. The first-order valence-corrected chi connectivity index (χ1v) is 15.3. The molecule has 3 heteroatoms. The predicted molar refractivity (Wildman–Crippen MR) is 155 cm³/mol. The average molecular weight is 523 g/mol. The number of rotatable bonds is 11. The van der Waals surface area contributed by atoms with Crippen molar-refractivity contribution in [2.45, 2.75) is 122 Å². The fourth-order valence-corrected chi connectivity index (χ4v) is 6.82. The van der Waals surface area contributed by atoms with E-state index in [9.17, 15) is 0 Å². The molecule has 208 valence electrons. The van der Waals surface area contributed by atoms with E-state index in [0.717, 1.165) is 36.7 Å². The lowest BCUT2D eigenvalue weighted by molar-refractivity contribution is -0.272. The summed E-state index contributed by atoms with van der Waals surface area (Å²) in [7, 11) is 0. The zero-order valence-corrected chi connectivity index (χ0v) is 23.8. The Morgan fingerprint density at radius 2 is 1.29 bits per heavy atom. The predicted octanol–water partition coefficient (Wildman–Crippen LogP) is 11.2. The molecule has 2 fully saturated rings. The van der Waals surface area contributed by atoms with Crippen LogP contribution in [0.25, 0.3) is 0 Å². The van der Waals surface area contributed by atoms with E-state index < -0.39 is 12.2 Å². The molecule has 38 heavy (non-hydrogen) atoms. The van der Waals surface area contributed by atoms with E-state index >= 15 is 8.78 Å². The highest BCUT2D eigenvalue weighted by molar-refractivity contribution is 5.29. The van der Waals surface area contributed by atoms with Crippen molar-refractivity contribution in [2.24, 2.45) is 11.8 Å². The molecule has 0 aliphatic heterocycles. The maximum atomic E-state index is 15.1. The van der Waals surface area contributed by atoms with Crippen molar-refractivity contribution in [1.82, 2.24) is 0 Å². The summed E-state index contributed by atoms with van der Waals surface area (Å²) in [6.45, 7) is 6.07. The lowest BCUT2D eigenvalue weighted by Crippen LogP contribution is -2.21. The second-order valence-electron chi connectivity index (χ2n) is 11.9. The van der Waals surface area contributed by atoms with Gasteiger partial charge in [0.25, 0.3) is 0 Å². The van der Waals surface area contributed by atoms with Crippen LogP contribution in [0.2, 0.25) is 0 Å². The first-order chi connectivity index (χ1) is 18.4. The highest BCUT2D eigenvalue weighted by Gasteiger charge is 2.35. The van der Waals surface area contributed by atoms with Crippen LogP contribution in [0, 0.1) is 11.8 Å². The highest BCUT2D eigenvalue weighted by Crippen LogP contribution is 2.41. The molecule has 0 aromatic heterocycles. The van der Waals surface area contributed by atoms with Gasteiger partial charge in [-0.2, -0.15) is 8.78 Å². The number of alkyl halides is 2. The summed E-state index contributed by atoms with van der Waals surface area (Å²) >= 11 is 0. The maximum Gasteiger partial charge on any atom is 0.383 e. The quantitative estimate of drug-likeness (QED) is 0.267. The standard InChI is InChI=1S/C35H48F2O/c1-4-6-7-9-28-12-16-31(17-13-28)33-22-24-34(25-23-33)35(36,37)38-26(3)29-18-20-32(21-19-29)30-14-10-27(8-5-2)11-15-30/h4,6,18-28,30-31H,5,7-17H2,1-3H3/b6-4+. The van der Waals surface area contributed by atoms with Crippen molar-refractivity contribution < 1.29 is 13.5 Å². The van der Waals surface area contributed by atoms with Gasteiger partial charge in [0.2, 0.25) is 0 Å². The van der Waals surface area contributed by atoms with E-state index in [2.05, 4.69) is 38.1 Å². The van der Waals surface area contributed by atoms with Crippen molar-refractivity contribution >= 4 is 0 Å². The van der Waals surface area contributed by atoms with Crippen LogP contribution in [0.5, 0.6) is 0 Å². The van der Waals surface area contributed by atoms with E-state index in [0.29, 0.717) is 11.8 Å². The normalized spacial score (nSPS) is 25.5. The zero-order chi connectivity index (χ0) is 27.0. The number of allylic oxidation sites excluding steroid dienone is 2. The molecular weight excluding hydrogens is 474 g/mol. The van der Waals surface area contributed by atoms with Crippen LogP contribution in [-0.4, -0.2) is 0 Å². The van der Waals surface area contributed by atoms with Crippen molar-refractivity contribution in [3.8, 4) is 0 Å². The Bertz CT molecular complexity index is 978. The highest BCUT2D eigenvalue weighted by atomic mass is 19.3. The third-order valence-electron chi connectivity index (χ3n) is 9.29. The van der Waals surface area contributed by atoms with Gasteiger partial charge in [-0.25, -0.2) is 0 Å². The van der Waals surface area contributed by atoms with Crippen LogP contribution < -0.4 is 0 Å². The fraction of sp³-hybridized carbons (Fsp3) is 0.600. The molecule has 0 N–H and O–H groups in total. The summed E-state index contributed by atoms with van der Waals surface area (Å²) in [6.07, 6.45) is 15.3. The van der Waals surface area contributed by atoms with Crippen molar-refractivity contribution in [2.75, 3.05) is 0 Å². The minimum atomic E-state index is -3.32. The van der Waals surface area contributed by atoms with Gasteiger partial charge in [-0.05, 0) is 118 Å². The van der Waals surface area contributed by atoms with Crippen molar-refractivity contribution in [1.29, 1.82) is 0 Å². The van der Waals surface area contributed by atoms with Crippen molar-refractivity contribution in [3.05, 3.63) is 82.9 Å². The van der Waals surface area contributed by atoms with Crippen LogP contribution in [0.3, 0.4) is 0 Å². The largest absolute Gasteiger partial charge is 0.383 e. The molecule has 2 aromatic rings. The van der Waals surface area contributed by atoms with Crippen LogP contribution in [-0.2, 0) is 10.8 Å². The van der Waals surface area contributed by atoms with Gasteiger partial charge >= 0.3 is 6.11 Å². The first-order valence-electron chi connectivity index (χ1n) is 15.3. The second-order valence-corrected chi connectivity index (χ2v) is 11.9. The number of ether oxygens (including phenoxy) is 1. The van der Waals surface area contributed by atoms with Gasteiger partial charge < -0.3 is 4.74 Å². The Labute approximate surface area is 230 Å². The smallest absolute Gasteiger partial charge is 0.309 e. The lowest BCUT2D eigenvalue weighted by Gasteiger charge is -2.29. The minimum absolute atomic E-state index is 0.0615. The fourth-order valence-electron chi connectivity index (χ4n) is 6.82. The van der Waals surface area contributed by atoms with E-state index in [1.807, 2.05) is 24.3 Å². The molecule has 4 rings (SSSR count). The van der Waals surface area contributed by atoms with Gasteiger partial charge in [0.1, 0.15) is 0 Å². The lowest BCUT2D eigenvalue weighted by atomic mass is 9.77. The van der Waals surface area contributed by atoms with E-state index in [1.165, 1.54) is 68.9 Å². The van der Waals surface area contributed by atoms with E-state index in [4.69, 9.17) is 4.74 Å². The van der Waals surface area contributed by atoms with E-state index in [1.54, 1.807) is 19.1 Å². The number of hydrogen-bond donors (Lipinski definition) is 0. The monoisotopic (exact) mass is 522 g/mol. The topological polar surface area (TPSA) is 9.23 Å². The Kier molecular flexibility index (Phi) is 10.6. The SMILES string of the molecule is C/C=C/CCC1CCC(c2ccc(C(F)(F)OC(C)c3ccc(C4CCC(CCC)CC4)cc3)cc2)CC1.